The van der Waals surface area contributed by atoms with E-state index in [-0.39, 0.29) is 12.2 Å². The molecule has 3 heterocycles. The molecule has 0 aliphatic rings. The molecular weight excluding hydrogens is 322 g/mol. The lowest BCUT2D eigenvalue weighted by Crippen LogP contribution is -2.37. The third-order valence-electron chi connectivity index (χ3n) is 4.07. The van der Waals surface area contributed by atoms with Gasteiger partial charge in [0, 0.05) is 33.1 Å². The molecule has 8 heteroatoms. The van der Waals surface area contributed by atoms with Gasteiger partial charge in [0.1, 0.15) is 12.4 Å². The summed E-state index contributed by atoms with van der Waals surface area (Å²) in [5, 5.41) is 0. The number of fused-ring (bicyclic) bond motifs is 1. The number of aryl methyl sites for hydroxylation is 1. The van der Waals surface area contributed by atoms with Crippen LogP contribution in [0.3, 0.4) is 0 Å². The normalized spacial score (nSPS) is 11.3. The molecular formula is C17H21N5O3. The largest absolute Gasteiger partial charge is 0.374 e. The van der Waals surface area contributed by atoms with Crippen LogP contribution in [0.4, 0.5) is 0 Å². The fourth-order valence-corrected chi connectivity index (χ4v) is 2.75. The summed E-state index contributed by atoms with van der Waals surface area (Å²) < 4.78 is 9.92. The van der Waals surface area contributed by atoms with E-state index in [1.807, 2.05) is 23.6 Å². The molecule has 3 aromatic heterocycles. The van der Waals surface area contributed by atoms with Crippen molar-refractivity contribution in [3.8, 4) is 0 Å². The minimum absolute atomic E-state index is 0.278. The Hall–Kier alpha value is -2.74. The zero-order valence-electron chi connectivity index (χ0n) is 14.6. The molecule has 0 aliphatic carbocycles. The Bertz CT molecular complexity index is 1000. The van der Waals surface area contributed by atoms with Crippen molar-refractivity contribution in [2.45, 2.75) is 26.5 Å². The highest BCUT2D eigenvalue weighted by molar-refractivity contribution is 5.71. The average molecular weight is 343 g/mol. The van der Waals surface area contributed by atoms with Crippen molar-refractivity contribution in [2.75, 3.05) is 6.61 Å². The quantitative estimate of drug-likeness (QED) is 0.618. The molecule has 0 saturated heterocycles. The molecule has 8 nitrogen and oxygen atoms in total. The van der Waals surface area contributed by atoms with Gasteiger partial charge in [-0.05, 0) is 18.1 Å². The molecule has 132 valence electrons. The van der Waals surface area contributed by atoms with Crippen LogP contribution in [0.2, 0.25) is 0 Å². The molecule has 3 rings (SSSR count). The predicted octanol–water partition coefficient (Wildman–Crippen LogP) is 0.804. The number of aromatic nitrogens is 5. The lowest BCUT2D eigenvalue weighted by Gasteiger charge is -2.10. The first-order valence-electron chi connectivity index (χ1n) is 8.16. The van der Waals surface area contributed by atoms with Crippen LogP contribution in [0.1, 0.15) is 24.7 Å². The van der Waals surface area contributed by atoms with E-state index in [2.05, 4.69) is 9.97 Å². The van der Waals surface area contributed by atoms with E-state index in [9.17, 15) is 9.59 Å². The first-order valence-corrected chi connectivity index (χ1v) is 8.16. The van der Waals surface area contributed by atoms with Gasteiger partial charge in [0.25, 0.3) is 5.56 Å². The van der Waals surface area contributed by atoms with Crippen LogP contribution in [0, 0.1) is 0 Å². The summed E-state index contributed by atoms with van der Waals surface area (Å²) >= 11 is 0. The van der Waals surface area contributed by atoms with E-state index in [0.29, 0.717) is 30.1 Å². The number of hydrogen-bond donors (Lipinski definition) is 0. The highest BCUT2D eigenvalue weighted by Crippen LogP contribution is 2.14. The molecule has 0 aromatic carbocycles. The molecule has 0 atom stereocenters. The van der Waals surface area contributed by atoms with Crippen LogP contribution in [0.15, 0.2) is 34.1 Å². The van der Waals surface area contributed by atoms with Gasteiger partial charge in [-0.3, -0.25) is 18.9 Å². The second-order valence-corrected chi connectivity index (χ2v) is 5.91. The van der Waals surface area contributed by atoms with Gasteiger partial charge in [-0.1, -0.05) is 13.0 Å². The van der Waals surface area contributed by atoms with Gasteiger partial charge in [-0.25, -0.2) is 9.78 Å². The summed E-state index contributed by atoms with van der Waals surface area (Å²) in [4.78, 5) is 33.5. The maximum absolute atomic E-state index is 12.7. The van der Waals surface area contributed by atoms with E-state index < -0.39 is 5.69 Å². The fraction of sp³-hybridized carbons (Fsp3) is 0.412. The van der Waals surface area contributed by atoms with Crippen molar-refractivity contribution in [1.82, 2.24) is 23.7 Å². The Morgan fingerprint density at radius 1 is 1.20 bits per heavy atom. The highest BCUT2D eigenvalue weighted by Gasteiger charge is 2.19. The van der Waals surface area contributed by atoms with E-state index >= 15 is 0 Å². The number of ether oxygens (including phenoxy) is 1. The van der Waals surface area contributed by atoms with Crippen LogP contribution in [0.5, 0.6) is 0 Å². The van der Waals surface area contributed by atoms with Gasteiger partial charge in [-0.2, -0.15) is 0 Å². The van der Waals surface area contributed by atoms with E-state index in [4.69, 9.17) is 4.74 Å². The topological polar surface area (TPSA) is 83.9 Å². The first kappa shape index (κ1) is 17.1. The lowest BCUT2D eigenvalue weighted by atomic mass is 10.3. The molecule has 0 bridgehead atoms. The maximum Gasteiger partial charge on any atom is 0.332 e. The molecule has 0 fully saturated rings. The molecule has 3 aromatic rings. The molecule has 0 aliphatic heterocycles. The van der Waals surface area contributed by atoms with Crippen molar-refractivity contribution in [1.29, 1.82) is 0 Å². The zero-order valence-corrected chi connectivity index (χ0v) is 14.6. The standard InChI is InChI=1S/C17H21N5O3/c1-4-8-25-11-13-19-15-14(16(23)21(3)17(24)20(15)2)22(13)10-12-6-5-7-18-9-12/h5-7,9H,4,8,10-11H2,1-3H3. The highest BCUT2D eigenvalue weighted by atomic mass is 16.5. The summed E-state index contributed by atoms with van der Waals surface area (Å²) in [7, 11) is 3.08. The number of pyridine rings is 1. The lowest BCUT2D eigenvalue weighted by molar-refractivity contribution is 0.114. The first-order chi connectivity index (χ1) is 12.0. The van der Waals surface area contributed by atoms with Crippen molar-refractivity contribution in [2.24, 2.45) is 14.1 Å². The molecule has 0 spiro atoms. The smallest absolute Gasteiger partial charge is 0.332 e. The third-order valence-corrected chi connectivity index (χ3v) is 4.07. The van der Waals surface area contributed by atoms with Crippen LogP contribution < -0.4 is 11.2 Å². The van der Waals surface area contributed by atoms with Crippen molar-refractivity contribution >= 4 is 11.2 Å². The van der Waals surface area contributed by atoms with Gasteiger partial charge < -0.3 is 9.30 Å². The molecule has 0 saturated carbocycles. The van der Waals surface area contributed by atoms with Gasteiger partial charge in [0.15, 0.2) is 11.2 Å². The summed E-state index contributed by atoms with van der Waals surface area (Å²) in [5.74, 6) is 0.616. The Morgan fingerprint density at radius 2 is 2.00 bits per heavy atom. The monoisotopic (exact) mass is 343 g/mol. The van der Waals surface area contributed by atoms with Crippen molar-refractivity contribution < 1.29 is 4.74 Å². The molecule has 0 N–H and O–H groups in total. The minimum atomic E-state index is -0.399. The second-order valence-electron chi connectivity index (χ2n) is 5.91. The van der Waals surface area contributed by atoms with E-state index in [1.54, 1.807) is 19.4 Å². The minimum Gasteiger partial charge on any atom is -0.374 e. The van der Waals surface area contributed by atoms with Crippen LogP contribution in [0.25, 0.3) is 11.2 Å². The number of hydrogen-bond acceptors (Lipinski definition) is 5. The maximum atomic E-state index is 12.7. The molecule has 0 amide bonds. The summed E-state index contributed by atoms with van der Waals surface area (Å²) in [6.07, 6.45) is 4.33. The number of rotatable bonds is 6. The number of imidazole rings is 1. The molecule has 0 radical (unpaired) electrons. The van der Waals surface area contributed by atoms with Crippen molar-refractivity contribution in [3.05, 3.63) is 56.8 Å². The fourth-order valence-electron chi connectivity index (χ4n) is 2.75. The SMILES string of the molecule is CCCOCc1nc2c(c(=O)n(C)c(=O)n2C)n1Cc1cccnc1. The second kappa shape index (κ2) is 7.02. The third kappa shape index (κ3) is 3.12. The van der Waals surface area contributed by atoms with Gasteiger partial charge in [0.05, 0.1) is 6.54 Å². The van der Waals surface area contributed by atoms with Gasteiger partial charge >= 0.3 is 5.69 Å². The Balaban J connectivity index is 2.20. The Labute approximate surface area is 144 Å². The Morgan fingerprint density at radius 3 is 2.68 bits per heavy atom. The molecule has 25 heavy (non-hydrogen) atoms. The summed E-state index contributed by atoms with van der Waals surface area (Å²) in [6.45, 7) is 3.34. The number of nitrogens with zero attached hydrogens (tertiary/aromatic N) is 5. The predicted molar refractivity (Wildman–Crippen MR) is 93.5 cm³/mol. The zero-order chi connectivity index (χ0) is 18.0. The van der Waals surface area contributed by atoms with E-state index in [0.717, 1.165) is 16.6 Å². The van der Waals surface area contributed by atoms with Crippen LogP contribution in [-0.2, 0) is 32.0 Å². The van der Waals surface area contributed by atoms with Crippen LogP contribution >= 0.6 is 0 Å². The molecule has 0 unspecified atom stereocenters. The van der Waals surface area contributed by atoms with Gasteiger partial charge in [-0.15, -0.1) is 0 Å². The average Bonchev–Trinajstić information content (AvgIpc) is 2.98. The van der Waals surface area contributed by atoms with Gasteiger partial charge in [0.2, 0.25) is 0 Å². The summed E-state index contributed by atoms with van der Waals surface area (Å²) in [6, 6.07) is 3.78. The van der Waals surface area contributed by atoms with Crippen LogP contribution in [-0.4, -0.2) is 30.3 Å². The summed E-state index contributed by atoms with van der Waals surface area (Å²) in [5.41, 5.74) is 0.936. The van der Waals surface area contributed by atoms with Crippen molar-refractivity contribution in [3.63, 3.8) is 0 Å². The van der Waals surface area contributed by atoms with E-state index in [1.165, 1.54) is 11.6 Å². The Kier molecular flexibility index (Phi) is 4.80.